The zero-order valence-corrected chi connectivity index (χ0v) is 12.0. The smallest absolute Gasteiger partial charge is 0.268 e. The average molecular weight is 308 g/mol. The Morgan fingerprint density at radius 2 is 1.87 bits per heavy atom. The highest BCUT2D eigenvalue weighted by Gasteiger charge is 2.11. The third-order valence-corrected chi connectivity index (χ3v) is 3.21. The van der Waals surface area contributed by atoms with Gasteiger partial charge in [-0.15, -0.1) is 10.2 Å². The van der Waals surface area contributed by atoms with E-state index in [9.17, 15) is 0 Å². The van der Waals surface area contributed by atoms with Crippen LogP contribution in [-0.2, 0) is 0 Å². The van der Waals surface area contributed by atoms with Gasteiger partial charge in [-0.2, -0.15) is 0 Å². The lowest BCUT2D eigenvalue weighted by atomic mass is 10.2. The number of hydrogen-bond acceptors (Lipinski definition) is 7. The minimum absolute atomic E-state index is 0.333. The summed E-state index contributed by atoms with van der Waals surface area (Å²) in [6.07, 6.45) is 8.33. The van der Waals surface area contributed by atoms with Gasteiger partial charge in [-0.25, -0.2) is 4.98 Å². The predicted molar refractivity (Wildman–Crippen MR) is 81.7 cm³/mol. The van der Waals surface area contributed by atoms with E-state index >= 15 is 0 Å². The molecular formula is C16H12N4O3. The summed E-state index contributed by atoms with van der Waals surface area (Å²) < 4.78 is 16.6. The van der Waals surface area contributed by atoms with Crippen LogP contribution in [0.1, 0.15) is 11.5 Å². The number of benzene rings is 1. The molecule has 0 aliphatic carbocycles. The van der Waals surface area contributed by atoms with E-state index in [4.69, 9.17) is 13.9 Å². The van der Waals surface area contributed by atoms with Gasteiger partial charge in [0.2, 0.25) is 5.89 Å². The Kier molecular flexibility index (Phi) is 3.44. The van der Waals surface area contributed by atoms with Gasteiger partial charge in [0.05, 0.1) is 6.20 Å². The molecule has 0 spiro atoms. The number of hydrogen-bond donors (Lipinski definition) is 0. The molecule has 2 aromatic heterocycles. The lowest BCUT2D eigenvalue weighted by Crippen LogP contribution is -2.15. The molecule has 23 heavy (non-hydrogen) atoms. The van der Waals surface area contributed by atoms with Crippen molar-refractivity contribution in [1.82, 2.24) is 20.2 Å². The van der Waals surface area contributed by atoms with Crippen molar-refractivity contribution < 1.29 is 13.9 Å². The third-order valence-electron chi connectivity index (χ3n) is 3.21. The van der Waals surface area contributed by atoms with Crippen LogP contribution in [0, 0.1) is 0 Å². The molecule has 0 saturated carbocycles. The van der Waals surface area contributed by atoms with Crippen molar-refractivity contribution in [2.75, 3.05) is 13.2 Å². The van der Waals surface area contributed by atoms with Gasteiger partial charge in [0.1, 0.15) is 18.9 Å². The number of aromatic nitrogens is 4. The molecule has 0 amide bonds. The number of nitrogens with zero attached hydrogens (tertiary/aromatic N) is 4. The first-order chi connectivity index (χ1) is 11.4. The molecule has 1 aromatic carbocycles. The van der Waals surface area contributed by atoms with Gasteiger partial charge in [-0.05, 0) is 23.8 Å². The molecule has 0 unspecified atom stereocenters. The maximum Gasteiger partial charge on any atom is 0.268 e. The van der Waals surface area contributed by atoms with Crippen molar-refractivity contribution in [2.45, 2.75) is 0 Å². The van der Waals surface area contributed by atoms with Crippen LogP contribution in [-0.4, -0.2) is 33.4 Å². The van der Waals surface area contributed by atoms with Crippen LogP contribution in [0.3, 0.4) is 0 Å². The highest BCUT2D eigenvalue weighted by Crippen LogP contribution is 2.31. The van der Waals surface area contributed by atoms with E-state index in [2.05, 4.69) is 20.2 Å². The highest BCUT2D eigenvalue weighted by atomic mass is 16.6. The maximum absolute atomic E-state index is 5.55. The maximum atomic E-state index is 5.55. The quantitative estimate of drug-likeness (QED) is 0.735. The van der Waals surface area contributed by atoms with E-state index in [1.54, 1.807) is 24.7 Å². The fourth-order valence-corrected chi connectivity index (χ4v) is 2.15. The molecule has 0 atom stereocenters. The van der Waals surface area contributed by atoms with Crippen LogP contribution < -0.4 is 9.47 Å². The summed E-state index contributed by atoms with van der Waals surface area (Å²) in [5.41, 5.74) is 1.49. The number of rotatable bonds is 3. The molecule has 0 bridgehead atoms. The van der Waals surface area contributed by atoms with E-state index in [1.165, 1.54) is 0 Å². The van der Waals surface area contributed by atoms with E-state index in [0.29, 0.717) is 30.7 Å². The second-order valence-electron chi connectivity index (χ2n) is 4.77. The molecule has 4 rings (SSSR count). The van der Waals surface area contributed by atoms with Crippen molar-refractivity contribution in [1.29, 1.82) is 0 Å². The Balaban J connectivity index is 1.54. The molecule has 0 radical (unpaired) electrons. The van der Waals surface area contributed by atoms with Crippen molar-refractivity contribution in [3.8, 4) is 23.1 Å². The topological polar surface area (TPSA) is 83.2 Å². The lowest BCUT2D eigenvalue weighted by Gasteiger charge is -2.18. The summed E-state index contributed by atoms with van der Waals surface area (Å²) in [5, 5.41) is 7.92. The predicted octanol–water partition coefficient (Wildman–Crippen LogP) is 2.47. The first-order valence-corrected chi connectivity index (χ1v) is 7.06. The Morgan fingerprint density at radius 1 is 0.957 bits per heavy atom. The molecule has 3 aromatic rings. The summed E-state index contributed by atoms with van der Waals surface area (Å²) >= 11 is 0. The second-order valence-corrected chi connectivity index (χ2v) is 4.77. The summed E-state index contributed by atoms with van der Waals surface area (Å²) in [7, 11) is 0. The summed E-state index contributed by atoms with van der Waals surface area (Å²) in [4.78, 5) is 8.09. The molecule has 7 nitrogen and oxygen atoms in total. The Hall–Kier alpha value is -3.22. The first-order valence-electron chi connectivity index (χ1n) is 7.06. The van der Waals surface area contributed by atoms with Crippen LogP contribution in [0.15, 0.2) is 41.2 Å². The summed E-state index contributed by atoms with van der Waals surface area (Å²) in [5.74, 6) is 2.22. The van der Waals surface area contributed by atoms with Crippen LogP contribution in [0.5, 0.6) is 11.5 Å². The van der Waals surface area contributed by atoms with Gasteiger partial charge < -0.3 is 13.9 Å². The van der Waals surface area contributed by atoms with Crippen LogP contribution in [0.4, 0.5) is 0 Å². The molecule has 1 aliphatic heterocycles. The van der Waals surface area contributed by atoms with E-state index in [1.807, 2.05) is 24.3 Å². The summed E-state index contributed by atoms with van der Waals surface area (Å²) in [6.45, 7) is 1.14. The van der Waals surface area contributed by atoms with Gasteiger partial charge in [0.25, 0.3) is 5.89 Å². The van der Waals surface area contributed by atoms with Gasteiger partial charge in [0.15, 0.2) is 11.5 Å². The highest BCUT2D eigenvalue weighted by molar-refractivity contribution is 5.68. The van der Waals surface area contributed by atoms with Crippen molar-refractivity contribution in [2.24, 2.45) is 0 Å². The van der Waals surface area contributed by atoms with Gasteiger partial charge in [-0.3, -0.25) is 4.98 Å². The number of ether oxygens (including phenoxy) is 2. The molecule has 0 N–H and O–H groups in total. The van der Waals surface area contributed by atoms with Gasteiger partial charge in [-0.1, -0.05) is 6.07 Å². The molecule has 0 fully saturated rings. The van der Waals surface area contributed by atoms with E-state index in [-0.39, 0.29) is 0 Å². The third kappa shape index (κ3) is 2.89. The number of fused-ring (bicyclic) bond motifs is 1. The Bertz CT molecular complexity index is 846. The minimum Gasteiger partial charge on any atom is -0.486 e. The van der Waals surface area contributed by atoms with Crippen molar-refractivity contribution in [3.63, 3.8) is 0 Å². The van der Waals surface area contributed by atoms with Crippen LogP contribution in [0.2, 0.25) is 0 Å². The normalized spacial score (nSPS) is 13.4. The van der Waals surface area contributed by atoms with Crippen LogP contribution in [0.25, 0.3) is 23.7 Å². The Labute approximate surface area is 131 Å². The molecule has 3 heterocycles. The standard InChI is InChI=1S/C16H12N4O3/c1-3-13-14(22-8-7-21-13)9-11(1)2-4-15-19-20-16(23-15)12-10-17-5-6-18-12/h1-6,9-10H,7-8H2/b4-2+. The monoisotopic (exact) mass is 308 g/mol. The molecule has 0 saturated heterocycles. The SMILES string of the molecule is C(=C\c1nnc(-c2cnccn2)o1)/c1ccc2c(c1)OCCO2. The molecule has 7 heteroatoms. The van der Waals surface area contributed by atoms with Crippen molar-refractivity contribution in [3.05, 3.63) is 48.2 Å². The van der Waals surface area contributed by atoms with E-state index in [0.717, 1.165) is 17.1 Å². The van der Waals surface area contributed by atoms with Gasteiger partial charge >= 0.3 is 0 Å². The zero-order chi connectivity index (χ0) is 15.5. The fourth-order valence-electron chi connectivity index (χ4n) is 2.15. The molecule has 1 aliphatic rings. The minimum atomic E-state index is 0.333. The largest absolute Gasteiger partial charge is 0.486 e. The lowest BCUT2D eigenvalue weighted by molar-refractivity contribution is 0.171. The van der Waals surface area contributed by atoms with E-state index < -0.39 is 0 Å². The summed E-state index contributed by atoms with van der Waals surface area (Å²) in [6, 6.07) is 5.72. The zero-order valence-electron chi connectivity index (χ0n) is 12.0. The fraction of sp³-hybridized carbons (Fsp3) is 0.125. The van der Waals surface area contributed by atoms with Gasteiger partial charge in [0, 0.05) is 18.5 Å². The second kappa shape index (κ2) is 5.88. The molecule has 114 valence electrons. The van der Waals surface area contributed by atoms with Crippen LogP contribution >= 0.6 is 0 Å². The Morgan fingerprint density at radius 3 is 2.74 bits per heavy atom. The van der Waals surface area contributed by atoms with Crippen molar-refractivity contribution >= 4 is 12.2 Å². The average Bonchev–Trinajstić information content (AvgIpc) is 3.10. The molecular weight excluding hydrogens is 296 g/mol. The first kappa shape index (κ1) is 13.4.